The average molecular weight is 426 g/mol. The van der Waals surface area contributed by atoms with Crippen LogP contribution in [-0.4, -0.2) is 62.0 Å². The van der Waals surface area contributed by atoms with Crippen LogP contribution in [0.25, 0.3) is 5.57 Å². The normalized spacial score (nSPS) is 17.9. The van der Waals surface area contributed by atoms with E-state index >= 15 is 0 Å². The number of hydrogen-bond acceptors (Lipinski definition) is 5. The van der Waals surface area contributed by atoms with Gasteiger partial charge in [0.2, 0.25) is 0 Å². The maximum atomic E-state index is 13.6. The van der Waals surface area contributed by atoms with Gasteiger partial charge in [0.25, 0.3) is 11.8 Å². The Hall–Kier alpha value is -2.83. The minimum Gasteiger partial charge on any atom is -0.497 e. The molecule has 6 nitrogen and oxygen atoms in total. The minimum absolute atomic E-state index is 0.305. The van der Waals surface area contributed by atoms with Gasteiger partial charge >= 0.3 is 0 Å². The van der Waals surface area contributed by atoms with Crippen LogP contribution < -0.4 is 9.64 Å². The topological polar surface area (TPSA) is 53.1 Å². The molecule has 4 rings (SSSR count). The van der Waals surface area contributed by atoms with Gasteiger partial charge in [-0.3, -0.25) is 9.59 Å². The molecule has 2 aromatic rings. The van der Waals surface area contributed by atoms with E-state index in [1.54, 1.807) is 37.4 Å². The van der Waals surface area contributed by atoms with Gasteiger partial charge in [0.1, 0.15) is 11.4 Å². The fourth-order valence-corrected chi connectivity index (χ4v) is 4.09. The van der Waals surface area contributed by atoms with Crippen molar-refractivity contribution >= 4 is 34.7 Å². The molecule has 1 fully saturated rings. The van der Waals surface area contributed by atoms with Crippen LogP contribution in [0.1, 0.15) is 11.1 Å². The summed E-state index contributed by atoms with van der Waals surface area (Å²) in [5, 5.41) is 0.521. The zero-order valence-electron chi connectivity index (χ0n) is 17.3. The Kier molecular flexibility index (Phi) is 5.54. The lowest BCUT2D eigenvalue weighted by atomic mass is 10.0. The molecule has 0 atom stereocenters. The number of methoxy groups -OCH3 is 1. The van der Waals surface area contributed by atoms with Crippen LogP contribution in [-0.2, 0) is 9.59 Å². The predicted molar refractivity (Wildman–Crippen MR) is 118 cm³/mol. The van der Waals surface area contributed by atoms with E-state index in [4.69, 9.17) is 16.3 Å². The molecule has 0 spiro atoms. The zero-order valence-corrected chi connectivity index (χ0v) is 18.1. The molecule has 0 aliphatic carbocycles. The number of carbonyl (C=O) groups is 2. The first kappa shape index (κ1) is 20.4. The number of imide groups is 1. The maximum absolute atomic E-state index is 13.6. The summed E-state index contributed by atoms with van der Waals surface area (Å²) in [4.78, 5) is 32.7. The van der Waals surface area contributed by atoms with Crippen molar-refractivity contribution in [3.63, 3.8) is 0 Å². The van der Waals surface area contributed by atoms with Crippen LogP contribution in [0, 0.1) is 6.92 Å². The van der Waals surface area contributed by atoms with E-state index in [1.807, 2.05) is 24.0 Å². The predicted octanol–water partition coefficient (Wildman–Crippen LogP) is 3.19. The molecule has 0 N–H and O–H groups in total. The molecular weight excluding hydrogens is 402 g/mol. The number of ether oxygens (including phenoxy) is 1. The molecule has 2 aliphatic rings. The van der Waals surface area contributed by atoms with Gasteiger partial charge in [0.15, 0.2) is 0 Å². The second-order valence-corrected chi connectivity index (χ2v) is 7.98. The monoisotopic (exact) mass is 425 g/mol. The Morgan fingerprint density at radius 1 is 0.933 bits per heavy atom. The van der Waals surface area contributed by atoms with Crippen LogP contribution in [0.5, 0.6) is 5.75 Å². The summed E-state index contributed by atoms with van der Waals surface area (Å²) in [6, 6.07) is 12.5. The first-order valence-electron chi connectivity index (χ1n) is 9.88. The van der Waals surface area contributed by atoms with Crippen LogP contribution >= 0.6 is 11.6 Å². The van der Waals surface area contributed by atoms with Crippen molar-refractivity contribution in [3.8, 4) is 5.75 Å². The van der Waals surface area contributed by atoms with Crippen LogP contribution in [0.4, 0.5) is 5.69 Å². The first-order chi connectivity index (χ1) is 14.4. The van der Waals surface area contributed by atoms with Gasteiger partial charge in [0, 0.05) is 31.2 Å². The van der Waals surface area contributed by atoms with E-state index < -0.39 is 0 Å². The third-order valence-electron chi connectivity index (χ3n) is 5.74. The lowest BCUT2D eigenvalue weighted by Crippen LogP contribution is -2.46. The van der Waals surface area contributed by atoms with Gasteiger partial charge in [-0.25, -0.2) is 4.90 Å². The lowest BCUT2D eigenvalue weighted by Gasteiger charge is -2.34. The molecule has 0 saturated carbocycles. The van der Waals surface area contributed by atoms with Crippen molar-refractivity contribution in [2.75, 3.05) is 45.2 Å². The molecule has 1 saturated heterocycles. The SMILES string of the molecule is COc1ccc(C2=C(N3CCN(C)CC3)C(=O)N(c3cccc(Cl)c3C)C2=O)cc1. The van der Waals surface area contributed by atoms with E-state index in [2.05, 4.69) is 11.9 Å². The lowest BCUT2D eigenvalue weighted by molar-refractivity contribution is -0.120. The van der Waals surface area contributed by atoms with Gasteiger partial charge < -0.3 is 14.5 Å². The first-order valence-corrected chi connectivity index (χ1v) is 10.3. The van der Waals surface area contributed by atoms with Gasteiger partial charge in [-0.15, -0.1) is 0 Å². The largest absolute Gasteiger partial charge is 0.497 e. The molecule has 2 aliphatic heterocycles. The number of nitrogens with zero attached hydrogens (tertiary/aromatic N) is 3. The third kappa shape index (κ3) is 3.46. The quantitative estimate of drug-likeness (QED) is 0.704. The Balaban J connectivity index is 1.82. The molecular formula is C23H24ClN3O3. The molecule has 0 unspecified atom stereocenters. The molecule has 0 bridgehead atoms. The summed E-state index contributed by atoms with van der Waals surface area (Å²) >= 11 is 6.28. The van der Waals surface area contributed by atoms with Crippen LogP contribution in [0.3, 0.4) is 0 Å². The second kappa shape index (κ2) is 8.13. The maximum Gasteiger partial charge on any atom is 0.282 e. The molecule has 2 heterocycles. The van der Waals surface area contributed by atoms with E-state index in [1.165, 1.54) is 4.90 Å². The minimum atomic E-state index is -0.329. The van der Waals surface area contributed by atoms with E-state index in [9.17, 15) is 9.59 Å². The van der Waals surface area contributed by atoms with E-state index in [0.717, 1.165) is 13.1 Å². The van der Waals surface area contributed by atoms with Gasteiger partial charge in [-0.1, -0.05) is 29.8 Å². The summed E-state index contributed by atoms with van der Waals surface area (Å²) in [7, 11) is 3.65. The van der Waals surface area contributed by atoms with Crippen molar-refractivity contribution in [1.82, 2.24) is 9.80 Å². The summed E-state index contributed by atoms with van der Waals surface area (Å²) < 4.78 is 5.25. The summed E-state index contributed by atoms with van der Waals surface area (Å²) in [6.07, 6.45) is 0. The van der Waals surface area contributed by atoms with E-state index in [0.29, 0.717) is 51.9 Å². The van der Waals surface area contributed by atoms with Crippen LogP contribution in [0.15, 0.2) is 48.2 Å². The number of likely N-dealkylation sites (N-methyl/N-ethyl adjacent to an activating group) is 1. The molecule has 2 amide bonds. The van der Waals surface area contributed by atoms with Crippen LogP contribution in [0.2, 0.25) is 5.02 Å². The van der Waals surface area contributed by atoms with Gasteiger partial charge in [-0.05, 0) is 49.4 Å². The smallest absolute Gasteiger partial charge is 0.282 e. The Morgan fingerprint density at radius 3 is 2.23 bits per heavy atom. The van der Waals surface area contributed by atoms with Crippen molar-refractivity contribution < 1.29 is 14.3 Å². The number of halogens is 1. The number of carbonyl (C=O) groups excluding carboxylic acids is 2. The number of benzene rings is 2. The summed E-state index contributed by atoms with van der Waals surface area (Å²) in [5.41, 5.74) is 2.80. The summed E-state index contributed by atoms with van der Waals surface area (Å²) in [6.45, 7) is 4.85. The van der Waals surface area contributed by atoms with Crippen molar-refractivity contribution in [1.29, 1.82) is 0 Å². The number of hydrogen-bond donors (Lipinski definition) is 0. The average Bonchev–Trinajstić information content (AvgIpc) is 3.01. The standard InChI is InChI=1S/C23H24ClN3O3/c1-15-18(24)5-4-6-19(15)27-22(28)20(16-7-9-17(30-3)10-8-16)21(23(27)29)26-13-11-25(2)12-14-26/h4-10H,11-14H2,1-3H3. The van der Waals surface area contributed by atoms with Crippen molar-refractivity contribution in [3.05, 3.63) is 64.3 Å². The molecule has 30 heavy (non-hydrogen) atoms. The molecule has 0 radical (unpaired) electrons. The van der Waals surface area contributed by atoms with Gasteiger partial charge in [0.05, 0.1) is 18.4 Å². The number of amides is 2. The Morgan fingerprint density at radius 2 is 1.60 bits per heavy atom. The number of piperazine rings is 1. The van der Waals surface area contributed by atoms with Crippen molar-refractivity contribution in [2.45, 2.75) is 6.92 Å². The van der Waals surface area contributed by atoms with Gasteiger partial charge in [-0.2, -0.15) is 0 Å². The number of anilines is 1. The van der Waals surface area contributed by atoms with E-state index in [-0.39, 0.29) is 11.8 Å². The fourth-order valence-electron chi connectivity index (χ4n) is 3.92. The highest BCUT2D eigenvalue weighted by Gasteiger charge is 2.43. The molecule has 156 valence electrons. The highest BCUT2D eigenvalue weighted by molar-refractivity contribution is 6.46. The highest BCUT2D eigenvalue weighted by Crippen LogP contribution is 2.38. The molecule has 7 heteroatoms. The molecule has 0 aromatic heterocycles. The summed E-state index contributed by atoms with van der Waals surface area (Å²) in [5.74, 6) is 0.0602. The molecule has 2 aromatic carbocycles. The Bertz CT molecular complexity index is 1020. The Labute approximate surface area is 181 Å². The second-order valence-electron chi connectivity index (χ2n) is 7.57. The zero-order chi connectivity index (χ0) is 21.4. The van der Waals surface area contributed by atoms with Crippen molar-refractivity contribution in [2.24, 2.45) is 0 Å². The third-order valence-corrected chi connectivity index (χ3v) is 6.15. The number of rotatable bonds is 4. The fraction of sp³-hybridized carbons (Fsp3) is 0.304. The highest BCUT2D eigenvalue weighted by atomic mass is 35.5.